The molecule has 6 nitrogen and oxygen atoms in total. The molecule has 0 aliphatic carbocycles. The molecule has 0 saturated carbocycles. The van der Waals surface area contributed by atoms with Crippen molar-refractivity contribution in [1.29, 1.82) is 0 Å². The summed E-state index contributed by atoms with van der Waals surface area (Å²) >= 11 is 1.80. The third kappa shape index (κ3) is 10.6. The topological polar surface area (TPSA) is 69.1 Å². The van der Waals surface area contributed by atoms with E-state index < -0.39 is 5.60 Å². The first kappa shape index (κ1) is 23.2. The van der Waals surface area contributed by atoms with E-state index in [2.05, 4.69) is 27.6 Å². The minimum absolute atomic E-state index is 0. The second-order valence-electron chi connectivity index (χ2n) is 5.80. The van der Waals surface area contributed by atoms with E-state index in [0.717, 1.165) is 63.1 Å². The number of hydrogen-bond donors (Lipinski definition) is 3. The van der Waals surface area contributed by atoms with Crippen molar-refractivity contribution in [2.45, 2.75) is 25.4 Å². The van der Waals surface area contributed by atoms with E-state index in [0.29, 0.717) is 6.54 Å². The number of methoxy groups -OCH3 is 1. The van der Waals surface area contributed by atoms with Gasteiger partial charge in [0.1, 0.15) is 0 Å². The van der Waals surface area contributed by atoms with E-state index in [9.17, 15) is 5.11 Å². The van der Waals surface area contributed by atoms with Crippen LogP contribution in [0.5, 0.6) is 0 Å². The van der Waals surface area contributed by atoms with Crippen LogP contribution >= 0.6 is 35.7 Å². The molecular weight excluding hydrogens is 427 g/mol. The van der Waals surface area contributed by atoms with Crippen molar-refractivity contribution in [3.63, 3.8) is 0 Å². The van der Waals surface area contributed by atoms with Crippen molar-refractivity contribution in [3.8, 4) is 0 Å². The summed E-state index contributed by atoms with van der Waals surface area (Å²) in [6.07, 6.45) is 1.88. The second-order valence-corrected chi connectivity index (χ2v) is 6.90. The molecule has 138 valence electrons. The molecule has 23 heavy (non-hydrogen) atoms. The minimum Gasteiger partial charge on any atom is -0.387 e. The van der Waals surface area contributed by atoms with Crippen LogP contribution < -0.4 is 10.6 Å². The Balaban J connectivity index is 0.00000484. The normalized spacial score (nSPS) is 21.3. The highest BCUT2D eigenvalue weighted by Gasteiger charge is 2.31. The van der Waals surface area contributed by atoms with Crippen molar-refractivity contribution in [3.05, 3.63) is 0 Å². The van der Waals surface area contributed by atoms with E-state index in [1.807, 2.05) is 6.92 Å². The fourth-order valence-electron chi connectivity index (χ4n) is 2.24. The smallest absolute Gasteiger partial charge is 0.191 e. The lowest BCUT2D eigenvalue weighted by Crippen LogP contribution is -2.42. The van der Waals surface area contributed by atoms with Gasteiger partial charge in [0.25, 0.3) is 0 Å². The van der Waals surface area contributed by atoms with Gasteiger partial charge in [-0.2, -0.15) is 11.8 Å². The van der Waals surface area contributed by atoms with Gasteiger partial charge in [-0.1, -0.05) is 0 Å². The Labute approximate surface area is 162 Å². The summed E-state index contributed by atoms with van der Waals surface area (Å²) in [6, 6.07) is 0. The first-order valence-corrected chi connectivity index (χ1v) is 9.25. The average Bonchev–Trinajstić information content (AvgIpc) is 2.92. The molecule has 3 N–H and O–H groups in total. The zero-order chi connectivity index (χ0) is 16.3. The van der Waals surface area contributed by atoms with E-state index in [-0.39, 0.29) is 24.0 Å². The highest BCUT2D eigenvalue weighted by molar-refractivity contribution is 14.0. The van der Waals surface area contributed by atoms with Gasteiger partial charge in [-0.3, -0.25) is 4.99 Å². The molecule has 1 aliphatic heterocycles. The Morgan fingerprint density at radius 2 is 2.17 bits per heavy atom. The summed E-state index contributed by atoms with van der Waals surface area (Å²) in [5.74, 6) is 2.61. The Hall–Kier alpha value is 0.230. The quantitative estimate of drug-likeness (QED) is 0.196. The number of likely N-dealkylation sites (N-methyl/N-ethyl adjacent to an activating group) is 1. The van der Waals surface area contributed by atoms with Crippen LogP contribution in [0.25, 0.3) is 0 Å². The molecular formula is C15H33IN4O2S. The first-order valence-electron chi connectivity index (χ1n) is 8.09. The summed E-state index contributed by atoms with van der Waals surface area (Å²) in [6.45, 7) is 6.96. The Morgan fingerprint density at radius 1 is 1.39 bits per heavy atom. The highest BCUT2D eigenvalue weighted by atomic mass is 127. The highest BCUT2D eigenvalue weighted by Crippen LogP contribution is 2.27. The molecule has 0 aromatic heterocycles. The molecule has 0 amide bonds. The van der Waals surface area contributed by atoms with Crippen LogP contribution in [-0.4, -0.2) is 86.6 Å². The van der Waals surface area contributed by atoms with Gasteiger partial charge in [0.05, 0.1) is 12.1 Å². The third-order valence-electron chi connectivity index (χ3n) is 3.63. The largest absolute Gasteiger partial charge is 0.387 e. The van der Waals surface area contributed by atoms with Gasteiger partial charge in [0, 0.05) is 45.6 Å². The molecule has 1 unspecified atom stereocenters. The number of aliphatic imine (C=N–C) groups is 1. The molecule has 0 aromatic rings. The SMILES string of the molecule is CCNC(=NCC1(O)CCSC1)NCCN(C)CCCOC.I. The Morgan fingerprint density at radius 3 is 2.78 bits per heavy atom. The average molecular weight is 460 g/mol. The van der Waals surface area contributed by atoms with Crippen LogP contribution in [0.2, 0.25) is 0 Å². The van der Waals surface area contributed by atoms with E-state index in [1.54, 1.807) is 18.9 Å². The van der Waals surface area contributed by atoms with Crippen molar-refractivity contribution in [2.24, 2.45) is 4.99 Å². The van der Waals surface area contributed by atoms with Gasteiger partial charge in [-0.25, -0.2) is 0 Å². The Kier molecular flexibility index (Phi) is 13.6. The van der Waals surface area contributed by atoms with Crippen LogP contribution in [0, 0.1) is 0 Å². The number of aliphatic hydroxyl groups is 1. The lowest BCUT2D eigenvalue weighted by atomic mass is 10.1. The summed E-state index contributed by atoms with van der Waals surface area (Å²) in [4.78, 5) is 6.81. The number of thioether (sulfide) groups is 1. The lowest BCUT2D eigenvalue weighted by molar-refractivity contribution is 0.0778. The van der Waals surface area contributed by atoms with Crippen molar-refractivity contribution in [2.75, 3.05) is 65.0 Å². The molecule has 0 aromatic carbocycles. The zero-order valence-electron chi connectivity index (χ0n) is 14.6. The van der Waals surface area contributed by atoms with Crippen LogP contribution in [0.4, 0.5) is 0 Å². The molecule has 1 rings (SSSR count). The Bertz CT molecular complexity index is 329. The van der Waals surface area contributed by atoms with E-state index >= 15 is 0 Å². The van der Waals surface area contributed by atoms with Crippen molar-refractivity contribution < 1.29 is 9.84 Å². The molecule has 1 saturated heterocycles. The number of nitrogens with one attached hydrogen (secondary N) is 2. The summed E-state index contributed by atoms with van der Waals surface area (Å²) in [5.41, 5.74) is -0.621. The first-order chi connectivity index (χ1) is 10.6. The molecule has 1 heterocycles. The summed E-state index contributed by atoms with van der Waals surface area (Å²) in [5, 5.41) is 16.9. The minimum atomic E-state index is -0.621. The van der Waals surface area contributed by atoms with E-state index in [4.69, 9.17) is 4.74 Å². The predicted octanol–water partition coefficient (Wildman–Crippen LogP) is 0.996. The van der Waals surface area contributed by atoms with Crippen LogP contribution in [-0.2, 0) is 4.74 Å². The molecule has 1 aliphatic rings. The fraction of sp³-hybridized carbons (Fsp3) is 0.933. The van der Waals surface area contributed by atoms with Gasteiger partial charge in [-0.15, -0.1) is 24.0 Å². The molecule has 1 fully saturated rings. The fourth-order valence-corrected chi connectivity index (χ4v) is 3.53. The number of halogens is 1. The van der Waals surface area contributed by atoms with Gasteiger partial charge < -0.3 is 25.4 Å². The van der Waals surface area contributed by atoms with Crippen molar-refractivity contribution >= 4 is 41.7 Å². The maximum Gasteiger partial charge on any atom is 0.191 e. The lowest BCUT2D eigenvalue weighted by Gasteiger charge is -2.21. The second kappa shape index (κ2) is 13.5. The van der Waals surface area contributed by atoms with Crippen molar-refractivity contribution in [1.82, 2.24) is 15.5 Å². The van der Waals surface area contributed by atoms with Crippen LogP contribution in [0.15, 0.2) is 4.99 Å². The molecule has 0 radical (unpaired) electrons. The van der Waals surface area contributed by atoms with E-state index in [1.165, 1.54) is 0 Å². The molecule has 0 spiro atoms. The maximum atomic E-state index is 10.3. The molecule has 1 atom stereocenters. The summed E-state index contributed by atoms with van der Waals surface area (Å²) < 4.78 is 5.06. The van der Waals surface area contributed by atoms with Gasteiger partial charge in [0.2, 0.25) is 0 Å². The maximum absolute atomic E-state index is 10.3. The number of nitrogens with zero attached hydrogens (tertiary/aromatic N) is 2. The number of rotatable bonds is 10. The van der Waals surface area contributed by atoms with Gasteiger partial charge in [-0.05, 0) is 32.6 Å². The molecule has 8 heteroatoms. The van der Waals surface area contributed by atoms with Crippen LogP contribution in [0.1, 0.15) is 19.8 Å². The number of ether oxygens (including phenoxy) is 1. The van der Waals surface area contributed by atoms with Gasteiger partial charge >= 0.3 is 0 Å². The number of hydrogen-bond acceptors (Lipinski definition) is 5. The standard InChI is InChI=1S/C15H32N4O2S.HI/c1-4-16-14(18-12-15(20)6-11-22-13-15)17-7-9-19(2)8-5-10-21-3;/h20H,4-13H2,1-3H3,(H2,16,17,18);1H. The van der Waals surface area contributed by atoms with Crippen LogP contribution in [0.3, 0.4) is 0 Å². The van der Waals surface area contributed by atoms with Gasteiger partial charge in [0.15, 0.2) is 5.96 Å². The summed E-state index contributed by atoms with van der Waals surface area (Å²) in [7, 11) is 3.84. The number of guanidine groups is 1. The zero-order valence-corrected chi connectivity index (χ0v) is 17.8. The monoisotopic (exact) mass is 460 g/mol. The molecule has 0 bridgehead atoms. The third-order valence-corrected chi connectivity index (χ3v) is 4.87. The predicted molar refractivity (Wildman–Crippen MR) is 110 cm³/mol.